The average Bonchev–Trinajstić information content (AvgIpc) is 3.34. The Bertz CT molecular complexity index is 1380. The molecule has 0 fully saturated rings. The number of hydrogen-bond acceptors (Lipinski definition) is 9. The number of anilines is 2. The zero-order valence-electron chi connectivity index (χ0n) is 21.2. The quantitative estimate of drug-likeness (QED) is 0.300. The van der Waals surface area contributed by atoms with Crippen LogP contribution in [0.4, 0.5) is 30.4 Å². The minimum absolute atomic E-state index is 0.00959. The number of carbonyl (C=O) groups excluding carboxylic acids is 1. The zero-order chi connectivity index (χ0) is 28.5. The molecule has 0 saturated heterocycles. The fourth-order valence-electron chi connectivity index (χ4n) is 4.33. The number of hydrogen-bond donors (Lipinski definition) is 2. The van der Waals surface area contributed by atoms with E-state index < -0.39 is 35.5 Å². The fourth-order valence-corrected chi connectivity index (χ4v) is 4.33. The first-order valence-electron chi connectivity index (χ1n) is 11.4. The summed E-state index contributed by atoms with van der Waals surface area (Å²) in [6.07, 6.45) is -4.13. The molecule has 1 aliphatic rings. The number of carbonyl (C=O) groups is 1. The van der Waals surface area contributed by atoms with Crippen LogP contribution in [0.3, 0.4) is 0 Å². The van der Waals surface area contributed by atoms with Crippen molar-refractivity contribution in [2.24, 2.45) is 0 Å². The second-order valence-corrected chi connectivity index (χ2v) is 8.43. The van der Waals surface area contributed by atoms with Crippen molar-refractivity contribution in [1.82, 2.24) is 9.78 Å². The second kappa shape index (κ2) is 10.6. The molecule has 2 atom stereocenters. The van der Waals surface area contributed by atoms with Gasteiger partial charge >= 0.3 is 6.18 Å². The van der Waals surface area contributed by atoms with Crippen LogP contribution in [0.1, 0.15) is 34.4 Å². The fraction of sp³-hybridized carbons (Fsp3) is 0.333. The van der Waals surface area contributed by atoms with Crippen molar-refractivity contribution in [3.63, 3.8) is 0 Å². The maximum Gasteiger partial charge on any atom is 0.410 e. The van der Waals surface area contributed by atoms with Gasteiger partial charge < -0.3 is 29.6 Å². The second-order valence-electron chi connectivity index (χ2n) is 8.43. The minimum Gasteiger partial charge on any atom is -0.496 e. The van der Waals surface area contributed by atoms with Crippen molar-refractivity contribution in [2.75, 3.05) is 39.1 Å². The van der Waals surface area contributed by atoms with Gasteiger partial charge in [0.15, 0.2) is 17.5 Å². The lowest BCUT2D eigenvalue weighted by molar-refractivity contribution is -0.384. The summed E-state index contributed by atoms with van der Waals surface area (Å²) in [5.74, 6) is -0.156. The van der Waals surface area contributed by atoms with Crippen LogP contribution in [0.5, 0.6) is 23.0 Å². The summed E-state index contributed by atoms with van der Waals surface area (Å²) in [7, 11) is 5.46. The van der Waals surface area contributed by atoms with E-state index in [1.807, 2.05) is 0 Å². The number of amides is 1. The summed E-state index contributed by atoms with van der Waals surface area (Å²) in [6.45, 7) is 0. The van der Waals surface area contributed by atoms with E-state index in [0.29, 0.717) is 10.2 Å². The first-order valence-corrected chi connectivity index (χ1v) is 11.4. The SMILES string of the molecule is COc1cc(NC(=O)c2cnn3c2NC(c2cc(OC)c(OC)c(OC)c2)CC3C(F)(F)F)cc([N+](=O)[O-])c1. The Hall–Kier alpha value is -4.69. The number of non-ortho nitro benzene ring substituents is 1. The Morgan fingerprint density at radius 3 is 2.28 bits per heavy atom. The summed E-state index contributed by atoms with van der Waals surface area (Å²) in [6, 6.07) is 3.65. The molecule has 12 nitrogen and oxygen atoms in total. The third-order valence-electron chi connectivity index (χ3n) is 6.17. The van der Waals surface area contributed by atoms with Crippen LogP contribution in [0.15, 0.2) is 36.5 Å². The molecule has 4 rings (SSSR count). The van der Waals surface area contributed by atoms with Gasteiger partial charge in [0.05, 0.1) is 57.4 Å². The number of ether oxygens (including phenoxy) is 4. The molecular weight excluding hydrogens is 527 g/mol. The largest absolute Gasteiger partial charge is 0.496 e. The molecule has 1 aromatic heterocycles. The van der Waals surface area contributed by atoms with Crippen molar-refractivity contribution >= 4 is 23.1 Å². The standard InChI is InChI=1S/C24H24F3N5O7/c1-36-15-8-13(7-14(9-15)32(34)35)29-23(33)16-11-28-31-20(24(25,26)27)10-17(30-22(16)31)12-5-18(37-2)21(39-4)19(6-12)38-3/h5-9,11,17,20,30H,10H2,1-4H3,(H,29,33). The molecule has 0 spiro atoms. The highest BCUT2D eigenvalue weighted by molar-refractivity contribution is 6.07. The third kappa shape index (κ3) is 5.32. The highest BCUT2D eigenvalue weighted by atomic mass is 19.4. The topological polar surface area (TPSA) is 139 Å². The van der Waals surface area contributed by atoms with Gasteiger partial charge in [-0.1, -0.05) is 0 Å². The van der Waals surface area contributed by atoms with Gasteiger partial charge in [0.25, 0.3) is 11.6 Å². The van der Waals surface area contributed by atoms with Crippen LogP contribution >= 0.6 is 0 Å². The lowest BCUT2D eigenvalue weighted by Crippen LogP contribution is -2.36. The summed E-state index contributed by atoms with van der Waals surface area (Å²) in [4.78, 5) is 23.7. The molecule has 3 aromatic rings. The maximum atomic E-state index is 14.1. The predicted octanol–water partition coefficient (Wildman–Crippen LogP) is 4.74. The van der Waals surface area contributed by atoms with Crippen LogP contribution in [0.2, 0.25) is 0 Å². The van der Waals surface area contributed by atoms with E-state index in [4.69, 9.17) is 18.9 Å². The summed E-state index contributed by atoms with van der Waals surface area (Å²) >= 11 is 0. The maximum absolute atomic E-state index is 14.1. The van der Waals surface area contributed by atoms with Crippen molar-refractivity contribution in [3.8, 4) is 23.0 Å². The number of nitrogens with zero attached hydrogens (tertiary/aromatic N) is 3. The molecule has 2 N–H and O–H groups in total. The van der Waals surface area contributed by atoms with Crippen LogP contribution in [-0.4, -0.2) is 55.2 Å². The highest BCUT2D eigenvalue weighted by Gasteiger charge is 2.47. The number of fused-ring (bicyclic) bond motifs is 1. The van der Waals surface area contributed by atoms with E-state index in [-0.39, 0.29) is 45.8 Å². The Kier molecular flexibility index (Phi) is 7.42. The monoisotopic (exact) mass is 551 g/mol. The first kappa shape index (κ1) is 27.3. The number of methoxy groups -OCH3 is 4. The van der Waals surface area contributed by atoms with Gasteiger partial charge in [-0.2, -0.15) is 18.3 Å². The molecule has 0 bridgehead atoms. The molecule has 39 heavy (non-hydrogen) atoms. The smallest absolute Gasteiger partial charge is 0.410 e. The molecule has 0 aliphatic carbocycles. The van der Waals surface area contributed by atoms with E-state index in [1.54, 1.807) is 0 Å². The molecule has 0 radical (unpaired) electrons. The van der Waals surface area contributed by atoms with Crippen molar-refractivity contribution in [3.05, 3.63) is 57.8 Å². The molecule has 1 aliphatic heterocycles. The lowest BCUT2D eigenvalue weighted by Gasteiger charge is -2.34. The number of alkyl halides is 3. The average molecular weight is 551 g/mol. The zero-order valence-corrected chi connectivity index (χ0v) is 21.2. The van der Waals surface area contributed by atoms with Gasteiger partial charge in [0, 0.05) is 18.6 Å². The summed E-state index contributed by atoms with van der Waals surface area (Å²) in [5, 5.41) is 20.5. The van der Waals surface area contributed by atoms with Crippen LogP contribution in [-0.2, 0) is 0 Å². The number of nitrogens with one attached hydrogen (secondary N) is 2. The van der Waals surface area contributed by atoms with E-state index in [2.05, 4.69) is 15.7 Å². The Labute approximate surface area is 219 Å². The van der Waals surface area contributed by atoms with Gasteiger partial charge in [0.2, 0.25) is 5.75 Å². The van der Waals surface area contributed by atoms with E-state index >= 15 is 0 Å². The van der Waals surface area contributed by atoms with Crippen molar-refractivity contribution in [2.45, 2.75) is 24.7 Å². The van der Waals surface area contributed by atoms with E-state index in [0.717, 1.165) is 18.3 Å². The Morgan fingerprint density at radius 2 is 1.74 bits per heavy atom. The van der Waals surface area contributed by atoms with Gasteiger partial charge in [-0.05, 0) is 17.7 Å². The number of aromatic nitrogens is 2. The minimum atomic E-state index is -4.69. The third-order valence-corrected chi connectivity index (χ3v) is 6.17. The number of benzene rings is 2. The molecule has 2 heterocycles. The van der Waals surface area contributed by atoms with E-state index in [9.17, 15) is 28.1 Å². The molecule has 208 valence electrons. The summed E-state index contributed by atoms with van der Waals surface area (Å²) < 4.78 is 64.1. The van der Waals surface area contributed by atoms with Crippen LogP contribution in [0, 0.1) is 10.1 Å². The lowest BCUT2D eigenvalue weighted by atomic mass is 9.95. The molecule has 15 heteroatoms. The van der Waals surface area contributed by atoms with E-state index in [1.165, 1.54) is 46.6 Å². The molecule has 2 aromatic carbocycles. The Morgan fingerprint density at radius 1 is 1.08 bits per heavy atom. The van der Waals surface area contributed by atoms with Gasteiger partial charge in [-0.3, -0.25) is 14.9 Å². The number of nitro benzene ring substituents is 1. The van der Waals surface area contributed by atoms with Crippen molar-refractivity contribution in [1.29, 1.82) is 0 Å². The summed E-state index contributed by atoms with van der Waals surface area (Å²) in [5.41, 5.74) is -0.150. The molecule has 1 amide bonds. The van der Waals surface area contributed by atoms with Gasteiger partial charge in [-0.15, -0.1) is 0 Å². The van der Waals surface area contributed by atoms with Crippen LogP contribution in [0.25, 0.3) is 0 Å². The number of halogens is 3. The van der Waals surface area contributed by atoms with Gasteiger partial charge in [-0.25, -0.2) is 4.68 Å². The Balaban J connectivity index is 1.74. The molecular formula is C24H24F3N5O7. The number of rotatable bonds is 8. The molecule has 0 saturated carbocycles. The predicted molar refractivity (Wildman–Crippen MR) is 132 cm³/mol. The van der Waals surface area contributed by atoms with Crippen LogP contribution < -0.4 is 29.6 Å². The normalized spacial score (nSPS) is 16.5. The van der Waals surface area contributed by atoms with Gasteiger partial charge in [0.1, 0.15) is 17.1 Å². The first-order chi connectivity index (χ1) is 18.5. The molecule has 2 unspecified atom stereocenters. The van der Waals surface area contributed by atoms with Crippen molar-refractivity contribution < 1.29 is 41.8 Å². The highest BCUT2D eigenvalue weighted by Crippen LogP contribution is 2.47. The number of nitro groups is 1.